The number of hydrogen-bond donors (Lipinski definition) is 2. The number of hydrogen-bond acceptors (Lipinski definition) is 5. The summed E-state index contributed by atoms with van der Waals surface area (Å²) in [4.78, 5) is 10.4. The molecular formula is C18H17ClF4N4O2S. The Morgan fingerprint density at radius 2 is 1.97 bits per heavy atom. The molecule has 0 aliphatic carbocycles. The first kappa shape index (κ1) is 23.6. The van der Waals surface area contributed by atoms with Crippen molar-refractivity contribution in [1.29, 1.82) is 4.78 Å². The molecule has 2 N–H and O–H groups in total. The number of imidazole rings is 1. The zero-order valence-electron chi connectivity index (χ0n) is 15.5. The average molecular weight is 465 g/mol. The number of H-pyrrole nitrogens is 1. The van der Waals surface area contributed by atoms with Crippen LogP contribution in [0, 0.1) is 10.6 Å². The van der Waals surface area contributed by atoms with Gasteiger partial charge in [0.2, 0.25) is 5.88 Å². The number of nitrogens with zero attached hydrogens (tertiary/aromatic N) is 2. The van der Waals surface area contributed by atoms with Crippen LogP contribution in [0.15, 0.2) is 53.8 Å². The van der Waals surface area contributed by atoms with Crippen LogP contribution in [0.4, 0.5) is 17.6 Å². The molecule has 1 aromatic carbocycles. The Labute approximate surface area is 175 Å². The van der Waals surface area contributed by atoms with Gasteiger partial charge in [-0.1, -0.05) is 23.7 Å². The predicted octanol–water partition coefficient (Wildman–Crippen LogP) is 4.85. The van der Waals surface area contributed by atoms with Gasteiger partial charge in [0.25, 0.3) is 0 Å². The topological polar surface area (TPSA) is 91.7 Å². The van der Waals surface area contributed by atoms with Crippen molar-refractivity contribution in [2.45, 2.75) is 17.6 Å². The minimum Gasteiger partial charge on any atom is -0.468 e. The number of benzene rings is 1. The van der Waals surface area contributed by atoms with Crippen LogP contribution in [0.1, 0.15) is 11.4 Å². The zero-order chi connectivity index (χ0) is 22.4. The van der Waals surface area contributed by atoms with Crippen LogP contribution in [0.5, 0.6) is 5.88 Å². The second-order valence-corrected chi connectivity index (χ2v) is 8.57. The molecule has 0 saturated heterocycles. The van der Waals surface area contributed by atoms with Gasteiger partial charge in [-0.2, -0.15) is 13.2 Å². The fourth-order valence-corrected chi connectivity index (χ4v) is 2.83. The predicted molar refractivity (Wildman–Crippen MR) is 104 cm³/mol. The Morgan fingerprint density at radius 3 is 2.50 bits per heavy atom. The highest BCUT2D eigenvalue weighted by Crippen LogP contribution is 2.18. The Kier molecular flexibility index (Phi) is 7.79. The number of nitrogens with one attached hydrogen (secondary N) is 2. The number of halogens is 5. The van der Waals surface area contributed by atoms with E-state index in [1.54, 1.807) is 18.2 Å². The summed E-state index contributed by atoms with van der Waals surface area (Å²) in [7, 11) is -2.79. The molecule has 0 bridgehead atoms. The zero-order valence-corrected chi connectivity index (χ0v) is 17.1. The molecule has 3 aromatic rings. The number of rotatable bonds is 5. The number of alkyl halides is 3. The third kappa shape index (κ3) is 7.99. The van der Waals surface area contributed by atoms with Gasteiger partial charge < -0.3 is 9.72 Å². The van der Waals surface area contributed by atoms with Gasteiger partial charge >= 0.3 is 6.18 Å². The number of aromatic amines is 1. The number of aromatic nitrogens is 3. The van der Waals surface area contributed by atoms with Crippen molar-refractivity contribution in [3.63, 3.8) is 0 Å². The Hall–Kier alpha value is -2.66. The van der Waals surface area contributed by atoms with Gasteiger partial charge in [-0.15, -0.1) is 0 Å². The van der Waals surface area contributed by atoms with Crippen LogP contribution >= 0.6 is 11.6 Å². The van der Waals surface area contributed by atoms with Gasteiger partial charge in [0.15, 0.2) is 6.61 Å². The van der Waals surface area contributed by atoms with Crippen molar-refractivity contribution in [2.75, 3.05) is 12.9 Å². The highest BCUT2D eigenvalue weighted by molar-refractivity contribution is 7.91. The van der Waals surface area contributed by atoms with Crippen LogP contribution in [-0.2, 0) is 16.1 Å². The van der Waals surface area contributed by atoms with Crippen molar-refractivity contribution < 1.29 is 26.5 Å². The van der Waals surface area contributed by atoms with Crippen LogP contribution in [0.2, 0.25) is 5.02 Å². The van der Waals surface area contributed by atoms with E-state index in [1.807, 2.05) is 0 Å². The largest absolute Gasteiger partial charge is 0.468 e. The molecule has 0 aliphatic heterocycles. The molecule has 1 atom stereocenters. The first-order valence-electron chi connectivity index (χ1n) is 8.26. The fourth-order valence-electron chi connectivity index (χ4n) is 2.06. The molecular weight excluding hydrogens is 448 g/mol. The monoisotopic (exact) mass is 464 g/mol. The summed E-state index contributed by atoms with van der Waals surface area (Å²) in [5.74, 6) is 0.0765. The summed E-state index contributed by atoms with van der Waals surface area (Å²) in [6, 6.07) is 8.93. The normalized spacial score (nSPS) is 13.1. The quantitative estimate of drug-likeness (QED) is 0.528. The van der Waals surface area contributed by atoms with Gasteiger partial charge in [-0.3, -0.25) is 0 Å². The molecule has 0 saturated carbocycles. The molecule has 12 heteroatoms. The average Bonchev–Trinajstić information content (AvgIpc) is 3.13. The lowest BCUT2D eigenvalue weighted by molar-refractivity contribution is -0.154. The minimum absolute atomic E-state index is 0.0187. The highest BCUT2D eigenvalue weighted by Gasteiger charge is 2.28. The highest BCUT2D eigenvalue weighted by atomic mass is 35.5. The lowest BCUT2D eigenvalue weighted by Gasteiger charge is -2.06. The van der Waals surface area contributed by atoms with Gasteiger partial charge in [-0.25, -0.2) is 23.3 Å². The maximum absolute atomic E-state index is 13.0. The second kappa shape index (κ2) is 9.90. The second-order valence-electron chi connectivity index (χ2n) is 6.03. The fraction of sp³-hybridized carbons (Fsp3) is 0.222. The molecule has 30 heavy (non-hydrogen) atoms. The Morgan fingerprint density at radius 1 is 1.23 bits per heavy atom. The van der Waals surface area contributed by atoms with Gasteiger partial charge in [0.1, 0.15) is 16.7 Å². The molecule has 3 rings (SSSR count). The van der Waals surface area contributed by atoms with Crippen molar-refractivity contribution in [1.82, 2.24) is 15.0 Å². The molecule has 162 valence electrons. The molecule has 0 amide bonds. The number of ether oxygens (including phenoxy) is 1. The van der Waals surface area contributed by atoms with Gasteiger partial charge in [0.05, 0.1) is 20.9 Å². The van der Waals surface area contributed by atoms with Crippen molar-refractivity contribution in [3.05, 3.63) is 71.0 Å². The standard InChI is InChI=1S/C11H11ClFN3OS.C7H6F3NO/c1-18(14,17)11-6-15-10(16-11)5-7-2-3-9(13)8(12)4-7;8-7(9,10)5-12-6-3-1-2-4-11-6/h2-4,6,14H,5H2,1H3,(H,15,16);1-4H,5H2. The molecule has 2 heterocycles. The van der Waals surface area contributed by atoms with E-state index < -0.39 is 28.3 Å². The molecule has 0 spiro atoms. The van der Waals surface area contributed by atoms with E-state index >= 15 is 0 Å². The van der Waals surface area contributed by atoms with Crippen LogP contribution in [0.3, 0.4) is 0 Å². The molecule has 0 radical (unpaired) electrons. The molecule has 0 aliphatic rings. The first-order valence-corrected chi connectivity index (χ1v) is 10.6. The molecule has 6 nitrogen and oxygen atoms in total. The lowest BCUT2D eigenvalue weighted by atomic mass is 10.1. The maximum Gasteiger partial charge on any atom is 0.422 e. The van der Waals surface area contributed by atoms with E-state index in [2.05, 4.69) is 19.7 Å². The van der Waals surface area contributed by atoms with Gasteiger partial charge in [0, 0.05) is 24.9 Å². The first-order chi connectivity index (χ1) is 13.9. The summed E-state index contributed by atoms with van der Waals surface area (Å²) >= 11 is 5.68. The molecule has 0 fully saturated rings. The summed E-state index contributed by atoms with van der Waals surface area (Å²) in [5.41, 5.74) is 0.787. The van der Waals surface area contributed by atoms with E-state index in [9.17, 15) is 21.8 Å². The van der Waals surface area contributed by atoms with Crippen LogP contribution in [0.25, 0.3) is 0 Å². The lowest BCUT2D eigenvalue weighted by Crippen LogP contribution is -2.19. The van der Waals surface area contributed by atoms with Gasteiger partial charge in [-0.05, 0) is 23.8 Å². The molecule has 2 aromatic heterocycles. The smallest absolute Gasteiger partial charge is 0.422 e. The van der Waals surface area contributed by atoms with E-state index in [-0.39, 0.29) is 15.9 Å². The summed E-state index contributed by atoms with van der Waals surface area (Å²) < 4.78 is 71.0. The Bertz CT molecular complexity index is 1070. The van der Waals surface area contributed by atoms with Crippen molar-refractivity contribution >= 4 is 21.3 Å². The summed E-state index contributed by atoms with van der Waals surface area (Å²) in [6.45, 7) is -1.30. The summed E-state index contributed by atoms with van der Waals surface area (Å²) in [6.07, 6.45) is 0.174. The van der Waals surface area contributed by atoms with E-state index in [0.717, 1.165) is 5.56 Å². The third-order valence-electron chi connectivity index (χ3n) is 3.40. The van der Waals surface area contributed by atoms with E-state index in [4.69, 9.17) is 16.4 Å². The minimum atomic E-state index is -4.31. The van der Waals surface area contributed by atoms with Crippen molar-refractivity contribution in [3.8, 4) is 5.88 Å². The van der Waals surface area contributed by atoms with E-state index in [0.29, 0.717) is 12.2 Å². The summed E-state index contributed by atoms with van der Waals surface area (Å²) in [5, 5.41) is 0.338. The molecule has 1 unspecified atom stereocenters. The number of pyridine rings is 1. The van der Waals surface area contributed by atoms with Crippen LogP contribution < -0.4 is 4.74 Å². The maximum atomic E-state index is 13.0. The van der Waals surface area contributed by atoms with Crippen molar-refractivity contribution in [2.24, 2.45) is 0 Å². The van der Waals surface area contributed by atoms with Crippen LogP contribution in [-0.4, -0.2) is 38.2 Å². The van der Waals surface area contributed by atoms with E-state index in [1.165, 1.54) is 36.8 Å². The third-order valence-corrected chi connectivity index (χ3v) is 4.74. The SMILES string of the molecule is CS(=N)(=O)c1cnc(Cc2ccc(F)c(Cl)c2)[nH]1.FC(F)(F)COc1ccccn1. The Balaban J connectivity index is 0.000000232.